The van der Waals surface area contributed by atoms with Gasteiger partial charge in [0.2, 0.25) is 11.7 Å². The van der Waals surface area contributed by atoms with Crippen LogP contribution in [0.25, 0.3) is 22.4 Å². The van der Waals surface area contributed by atoms with E-state index in [0.29, 0.717) is 22.9 Å². The van der Waals surface area contributed by atoms with E-state index in [1.807, 2.05) is 76.0 Å². The highest BCUT2D eigenvalue weighted by atomic mass is 32.2. The summed E-state index contributed by atoms with van der Waals surface area (Å²) in [6.07, 6.45) is 1.79. The van der Waals surface area contributed by atoms with Gasteiger partial charge in [-0.3, -0.25) is 14.0 Å². The Morgan fingerprint density at radius 1 is 0.971 bits per heavy atom. The molecule has 1 aliphatic heterocycles. The second kappa shape index (κ2) is 8.70. The fraction of sp³-hybridized carbons (Fsp3) is 0.185. The van der Waals surface area contributed by atoms with Crippen LogP contribution in [0.3, 0.4) is 0 Å². The van der Waals surface area contributed by atoms with E-state index in [4.69, 9.17) is 0 Å². The Morgan fingerprint density at radius 2 is 1.74 bits per heavy atom. The van der Waals surface area contributed by atoms with Crippen molar-refractivity contribution in [2.45, 2.75) is 24.9 Å². The lowest BCUT2D eigenvalue weighted by molar-refractivity contribution is -0.116. The van der Waals surface area contributed by atoms with Gasteiger partial charge >= 0.3 is 0 Å². The highest BCUT2D eigenvalue weighted by Crippen LogP contribution is 2.29. The molecular formula is C27H23N5O2S. The summed E-state index contributed by atoms with van der Waals surface area (Å²) in [7, 11) is 0. The molecule has 7 nitrogen and oxygen atoms in total. The number of aryl methyl sites for hydroxylation is 1. The van der Waals surface area contributed by atoms with Crippen molar-refractivity contribution in [3.8, 4) is 5.69 Å². The van der Waals surface area contributed by atoms with E-state index >= 15 is 0 Å². The molecule has 0 fully saturated rings. The molecular weight excluding hydrogens is 458 g/mol. The van der Waals surface area contributed by atoms with Crippen LogP contribution < -0.4 is 10.5 Å². The number of fused-ring (bicyclic) bond motifs is 4. The van der Waals surface area contributed by atoms with Crippen LogP contribution in [0.5, 0.6) is 0 Å². The second-order valence-electron chi connectivity index (χ2n) is 8.51. The van der Waals surface area contributed by atoms with Gasteiger partial charge in [-0.2, -0.15) is 0 Å². The molecule has 35 heavy (non-hydrogen) atoms. The van der Waals surface area contributed by atoms with Crippen molar-refractivity contribution in [1.82, 2.24) is 19.2 Å². The van der Waals surface area contributed by atoms with Gasteiger partial charge in [0, 0.05) is 12.2 Å². The van der Waals surface area contributed by atoms with Gasteiger partial charge in [-0.15, -0.1) is 10.2 Å². The zero-order valence-corrected chi connectivity index (χ0v) is 20.0. The minimum atomic E-state index is -0.147. The van der Waals surface area contributed by atoms with Crippen molar-refractivity contribution in [1.29, 1.82) is 0 Å². The normalized spacial score (nSPS) is 13.0. The predicted molar refractivity (Wildman–Crippen MR) is 139 cm³/mol. The monoisotopic (exact) mass is 481 g/mol. The number of anilines is 1. The number of thioether (sulfide) groups is 1. The van der Waals surface area contributed by atoms with Crippen LogP contribution >= 0.6 is 11.8 Å². The molecule has 2 aromatic heterocycles. The molecule has 0 saturated carbocycles. The molecule has 0 unspecified atom stereocenters. The average Bonchev–Trinajstić information content (AvgIpc) is 3.52. The number of aromatic nitrogens is 4. The maximum atomic E-state index is 13.5. The van der Waals surface area contributed by atoms with Crippen LogP contribution in [0.2, 0.25) is 0 Å². The zero-order valence-electron chi connectivity index (χ0n) is 19.2. The largest absolute Gasteiger partial charge is 0.311 e. The lowest BCUT2D eigenvalue weighted by Gasteiger charge is -2.17. The number of hydrogen-bond donors (Lipinski definition) is 0. The summed E-state index contributed by atoms with van der Waals surface area (Å²) in [6, 6.07) is 23.4. The number of amides is 1. The van der Waals surface area contributed by atoms with Gasteiger partial charge in [-0.05, 0) is 54.3 Å². The summed E-state index contributed by atoms with van der Waals surface area (Å²) in [5.41, 5.74) is 4.68. The summed E-state index contributed by atoms with van der Waals surface area (Å²) >= 11 is 1.34. The minimum Gasteiger partial charge on any atom is -0.311 e. The van der Waals surface area contributed by atoms with Crippen LogP contribution in [-0.2, 0) is 17.6 Å². The van der Waals surface area contributed by atoms with E-state index < -0.39 is 0 Å². The fourth-order valence-corrected chi connectivity index (χ4v) is 5.50. The Balaban J connectivity index is 1.41. The molecule has 8 heteroatoms. The third kappa shape index (κ3) is 3.61. The van der Waals surface area contributed by atoms with E-state index in [-0.39, 0.29) is 17.2 Å². The van der Waals surface area contributed by atoms with E-state index in [9.17, 15) is 9.59 Å². The summed E-state index contributed by atoms with van der Waals surface area (Å²) in [5, 5.41) is 9.93. The molecule has 0 radical (unpaired) electrons. The Morgan fingerprint density at radius 3 is 2.57 bits per heavy atom. The average molecular weight is 482 g/mol. The lowest BCUT2D eigenvalue weighted by atomic mass is 10.1. The van der Waals surface area contributed by atoms with E-state index in [1.54, 1.807) is 4.57 Å². The van der Waals surface area contributed by atoms with Gasteiger partial charge < -0.3 is 4.90 Å². The van der Waals surface area contributed by atoms with Crippen molar-refractivity contribution in [3.63, 3.8) is 0 Å². The van der Waals surface area contributed by atoms with Gasteiger partial charge in [0.1, 0.15) is 0 Å². The third-order valence-corrected chi connectivity index (χ3v) is 7.42. The predicted octanol–water partition coefficient (Wildman–Crippen LogP) is 4.28. The lowest BCUT2D eigenvalue weighted by Crippen LogP contribution is -2.30. The Hall–Kier alpha value is -3.91. The molecule has 0 spiro atoms. The number of hydrogen-bond acceptors (Lipinski definition) is 5. The van der Waals surface area contributed by atoms with Crippen LogP contribution in [0.1, 0.15) is 18.1 Å². The highest BCUT2D eigenvalue weighted by molar-refractivity contribution is 7.99. The first-order valence-corrected chi connectivity index (χ1v) is 12.6. The maximum Gasteiger partial charge on any atom is 0.267 e. The van der Waals surface area contributed by atoms with Gasteiger partial charge in [0.05, 0.1) is 22.3 Å². The molecule has 0 saturated heterocycles. The number of nitrogens with zero attached hydrogens (tertiary/aromatic N) is 5. The Bertz CT molecular complexity index is 1640. The van der Waals surface area contributed by atoms with Crippen molar-refractivity contribution in [2.24, 2.45) is 0 Å². The molecule has 174 valence electrons. The molecule has 3 heterocycles. The maximum absolute atomic E-state index is 13.5. The molecule has 3 aromatic carbocycles. The van der Waals surface area contributed by atoms with Gasteiger partial charge in [0.15, 0.2) is 5.16 Å². The number of para-hydroxylation sites is 2. The molecule has 0 N–H and O–H groups in total. The molecule has 1 amide bonds. The number of carbonyl (C=O) groups is 1. The van der Waals surface area contributed by atoms with E-state index in [0.717, 1.165) is 29.7 Å². The smallest absolute Gasteiger partial charge is 0.267 e. The molecule has 5 aromatic rings. The number of rotatable bonds is 5. The Labute approximate surface area is 206 Å². The first-order chi connectivity index (χ1) is 17.2. The third-order valence-electron chi connectivity index (χ3n) is 6.51. The van der Waals surface area contributed by atoms with Gasteiger partial charge in [-0.1, -0.05) is 61.2 Å². The van der Waals surface area contributed by atoms with Crippen molar-refractivity contribution >= 4 is 40.0 Å². The fourth-order valence-electron chi connectivity index (χ4n) is 4.69. The van der Waals surface area contributed by atoms with Crippen LogP contribution in [0.4, 0.5) is 5.69 Å². The van der Waals surface area contributed by atoms with Crippen LogP contribution in [-0.4, -0.2) is 37.4 Å². The summed E-state index contributed by atoms with van der Waals surface area (Å²) in [5.74, 6) is 0.692. The summed E-state index contributed by atoms with van der Waals surface area (Å²) in [6.45, 7) is 2.79. The quantitative estimate of drug-likeness (QED) is 0.351. The Kier molecular flexibility index (Phi) is 5.37. The molecule has 1 aliphatic rings. The standard InChI is InChI=1S/C27H23N5O2S/c1-2-18-11-13-20(14-12-18)31-25(34)21-8-4-6-10-23(21)32-26(31)28-29-27(32)35-17-24(33)30-16-15-19-7-3-5-9-22(19)30/h3-14H,2,15-17H2,1H3. The van der Waals surface area contributed by atoms with Crippen LogP contribution in [0.15, 0.2) is 82.7 Å². The number of benzene rings is 3. The first-order valence-electron chi connectivity index (χ1n) is 11.6. The van der Waals surface area contributed by atoms with Crippen LogP contribution in [0, 0.1) is 0 Å². The van der Waals surface area contributed by atoms with Gasteiger partial charge in [0.25, 0.3) is 5.56 Å². The molecule has 6 rings (SSSR count). The molecule has 0 bridgehead atoms. The zero-order chi connectivity index (χ0) is 23.9. The summed E-state index contributed by atoms with van der Waals surface area (Å²) in [4.78, 5) is 28.4. The van der Waals surface area contributed by atoms with E-state index in [1.165, 1.54) is 22.9 Å². The van der Waals surface area contributed by atoms with Crippen molar-refractivity contribution in [3.05, 3.63) is 94.3 Å². The minimum absolute atomic E-state index is 0.0319. The SMILES string of the molecule is CCc1ccc(-n2c(=O)c3ccccc3n3c(SCC(=O)N4CCc5ccccc54)nnc23)cc1. The number of carbonyl (C=O) groups excluding carboxylic acids is 1. The molecule has 0 aliphatic carbocycles. The second-order valence-corrected chi connectivity index (χ2v) is 9.45. The molecule has 0 atom stereocenters. The van der Waals surface area contributed by atoms with E-state index in [2.05, 4.69) is 23.2 Å². The van der Waals surface area contributed by atoms with Crippen molar-refractivity contribution in [2.75, 3.05) is 17.2 Å². The summed E-state index contributed by atoms with van der Waals surface area (Å²) < 4.78 is 3.47. The van der Waals surface area contributed by atoms with Gasteiger partial charge in [-0.25, -0.2) is 4.57 Å². The first kappa shape index (κ1) is 21.6. The topological polar surface area (TPSA) is 72.5 Å². The highest BCUT2D eigenvalue weighted by Gasteiger charge is 2.25. The van der Waals surface area contributed by atoms with Crippen molar-refractivity contribution < 1.29 is 4.79 Å².